The molecule has 453 valence electrons. The van der Waals surface area contributed by atoms with Gasteiger partial charge in [-0.1, -0.05) is 138 Å². The average Bonchev–Trinajstić information content (AvgIpc) is 3.29. The lowest BCUT2D eigenvalue weighted by Gasteiger charge is -2.32. The molecule has 78 heavy (non-hydrogen) atoms. The van der Waals surface area contributed by atoms with Crippen molar-refractivity contribution in [1.29, 1.82) is 0 Å². The molecule has 7 N–H and O–H groups in total. The van der Waals surface area contributed by atoms with E-state index < -0.39 is 50.4 Å². The molecule has 0 aromatic heterocycles. The molecule has 18 nitrogen and oxygen atoms in total. The van der Waals surface area contributed by atoms with Gasteiger partial charge in [0.2, 0.25) is 43.2 Å². The highest BCUT2D eigenvalue weighted by Crippen LogP contribution is 2.31. The molecule has 7 amide bonds. The van der Waals surface area contributed by atoms with Crippen molar-refractivity contribution in [2.45, 2.75) is 202 Å². The standard InChI is InChI=1S/C59H113BN7O11/c1-50(2,3)25-26-58(18,19)48(73)66-33-57(16,17)40-77-38-55(12,13)31-63-45(70)27-51(4,5)35-75-37-54(10,11)30-62-44(69)24-23-43(67-49(74)60-22)47(72)65-32-56(14,15)39-76-36-52(6,7)28-46(71)64-34-59(20,21)78-41-53(8,9)29-61-42-68/h42-43H,23-41H2,1-22H3,(H,61,68)(H,62,69)(H,63,70)(H,64,71)(H,65,72)(H,66,73)(H,67,74)/t43-/m0/s1. The van der Waals surface area contributed by atoms with Gasteiger partial charge in [0.25, 0.3) is 0 Å². The van der Waals surface area contributed by atoms with Crippen LogP contribution in [0.15, 0.2) is 0 Å². The molecule has 0 aromatic carbocycles. The molecule has 0 aliphatic carbocycles. The molecule has 1 atom stereocenters. The number of ether oxygens (including phenoxy) is 4. The second-order valence-corrected chi connectivity index (χ2v) is 30.1. The minimum absolute atomic E-state index is 0.00341. The molecule has 0 fully saturated rings. The first-order valence-corrected chi connectivity index (χ1v) is 28.3. The Hall–Kier alpha value is -3.81. The maximum absolute atomic E-state index is 13.5. The fraction of sp³-hybridized carbons (Fsp3) is 0.881. The van der Waals surface area contributed by atoms with Crippen LogP contribution in [0.3, 0.4) is 0 Å². The average molecular weight is 1110 g/mol. The Labute approximate surface area is 473 Å². The highest BCUT2D eigenvalue weighted by atomic mass is 16.5. The summed E-state index contributed by atoms with van der Waals surface area (Å²) < 4.78 is 24.4. The van der Waals surface area contributed by atoms with Crippen molar-refractivity contribution in [2.75, 3.05) is 85.5 Å². The maximum Gasteiger partial charge on any atom is 0.242 e. The van der Waals surface area contributed by atoms with Crippen LogP contribution in [0.2, 0.25) is 6.82 Å². The van der Waals surface area contributed by atoms with E-state index in [1.54, 1.807) is 6.82 Å². The molecule has 0 saturated heterocycles. The van der Waals surface area contributed by atoms with Crippen LogP contribution in [-0.2, 0) is 47.7 Å². The Kier molecular flexibility index (Phi) is 30.4. The van der Waals surface area contributed by atoms with E-state index in [1.807, 2.05) is 111 Å². The van der Waals surface area contributed by atoms with Crippen LogP contribution in [0.25, 0.3) is 0 Å². The van der Waals surface area contributed by atoms with Crippen LogP contribution in [0.5, 0.6) is 0 Å². The summed E-state index contributed by atoms with van der Waals surface area (Å²) in [6, 6.07) is -0.949. The van der Waals surface area contributed by atoms with Gasteiger partial charge in [0.15, 0.2) is 5.81 Å². The number of carbonyl (C=O) groups is 7. The Morgan fingerprint density at radius 1 is 0.462 bits per heavy atom. The minimum Gasteiger partial charge on any atom is -0.380 e. The van der Waals surface area contributed by atoms with E-state index in [-0.39, 0.29) is 77.5 Å². The van der Waals surface area contributed by atoms with Crippen LogP contribution in [0.1, 0.15) is 184 Å². The van der Waals surface area contributed by atoms with Gasteiger partial charge < -0.3 is 56.2 Å². The number of amides is 7. The monoisotopic (exact) mass is 1110 g/mol. The summed E-state index contributed by atoms with van der Waals surface area (Å²) in [7, 11) is 1.33. The highest BCUT2D eigenvalue weighted by Gasteiger charge is 2.34. The van der Waals surface area contributed by atoms with Crippen LogP contribution < -0.4 is 37.2 Å². The van der Waals surface area contributed by atoms with E-state index in [9.17, 15) is 33.6 Å². The Morgan fingerprint density at radius 2 is 0.846 bits per heavy atom. The molecule has 0 heterocycles. The van der Waals surface area contributed by atoms with Crippen molar-refractivity contribution in [2.24, 2.45) is 48.7 Å². The number of hydrogen-bond donors (Lipinski definition) is 7. The summed E-state index contributed by atoms with van der Waals surface area (Å²) in [4.78, 5) is 88.8. The summed E-state index contributed by atoms with van der Waals surface area (Å²) in [5.74, 6) is -1.28. The normalized spacial score (nSPS) is 13.7. The van der Waals surface area contributed by atoms with Gasteiger partial charge in [-0.05, 0) is 49.4 Å². The van der Waals surface area contributed by atoms with Crippen molar-refractivity contribution in [3.05, 3.63) is 0 Å². The van der Waals surface area contributed by atoms with Gasteiger partial charge >= 0.3 is 0 Å². The molecule has 0 aliphatic heterocycles. The topological polar surface area (TPSA) is 241 Å². The SMILES string of the molecule is C[B]C(=O)N[C@@H](CCC(=O)NCC(C)(C)COCC(C)(C)CC(=O)NCC(C)(C)COCC(C)(C)CNC(=O)C(C)(C)CCC(C)(C)C)C(=O)NCC(C)(C)COCC(C)(C)CC(=O)NCC(C)(C)OCC(C)(C)CNC=O. The van der Waals surface area contributed by atoms with E-state index in [4.69, 9.17) is 18.9 Å². The lowest BCUT2D eigenvalue weighted by Crippen LogP contribution is -2.50. The third-order valence-corrected chi connectivity index (χ3v) is 13.1. The second kappa shape index (κ2) is 32.0. The molecule has 1 radical (unpaired) electrons. The molecular weight excluding hydrogens is 993 g/mol. The van der Waals surface area contributed by atoms with E-state index in [0.717, 1.165) is 12.8 Å². The van der Waals surface area contributed by atoms with Crippen LogP contribution >= 0.6 is 0 Å². The van der Waals surface area contributed by atoms with E-state index in [2.05, 4.69) is 71.8 Å². The smallest absolute Gasteiger partial charge is 0.242 e. The molecule has 0 saturated carbocycles. The van der Waals surface area contributed by atoms with E-state index in [1.165, 1.54) is 7.28 Å². The Balaban J connectivity index is 4.91. The summed E-state index contributed by atoms with van der Waals surface area (Å²) >= 11 is 0. The predicted molar refractivity (Wildman–Crippen MR) is 313 cm³/mol. The first kappa shape index (κ1) is 74.2. The van der Waals surface area contributed by atoms with Gasteiger partial charge in [-0.15, -0.1) is 0 Å². The molecule has 0 bridgehead atoms. The van der Waals surface area contributed by atoms with Crippen molar-refractivity contribution in [3.63, 3.8) is 0 Å². The van der Waals surface area contributed by atoms with Gasteiger partial charge in [-0.2, -0.15) is 0 Å². The van der Waals surface area contributed by atoms with Crippen molar-refractivity contribution in [3.8, 4) is 0 Å². The summed E-state index contributed by atoms with van der Waals surface area (Å²) in [6.45, 7) is 48.7. The molecule has 0 rings (SSSR count). The summed E-state index contributed by atoms with van der Waals surface area (Å²) in [6.07, 6.45) is 3.01. The van der Waals surface area contributed by atoms with Crippen molar-refractivity contribution in [1.82, 2.24) is 37.2 Å². The Morgan fingerprint density at radius 3 is 1.27 bits per heavy atom. The zero-order valence-electron chi connectivity index (χ0n) is 53.2. The van der Waals surface area contributed by atoms with Crippen LogP contribution in [-0.4, -0.2) is 146 Å². The molecule has 0 aliphatic rings. The Bertz CT molecular complexity index is 1890. The summed E-state index contributed by atoms with van der Waals surface area (Å²) in [5.41, 5.74) is -3.64. The van der Waals surface area contributed by atoms with Gasteiger partial charge in [0, 0.05) is 91.0 Å². The first-order valence-electron chi connectivity index (χ1n) is 28.3. The lowest BCUT2D eigenvalue weighted by molar-refractivity contribution is -0.130. The fourth-order valence-electron chi connectivity index (χ4n) is 7.61. The number of carbonyl (C=O) groups excluding carboxylic acids is 7. The molecule has 0 unspecified atom stereocenters. The van der Waals surface area contributed by atoms with Gasteiger partial charge in [0.1, 0.15) is 6.04 Å². The number of rotatable bonds is 41. The van der Waals surface area contributed by atoms with Gasteiger partial charge in [-0.3, -0.25) is 33.6 Å². The van der Waals surface area contributed by atoms with E-state index >= 15 is 0 Å². The number of hydrogen-bond acceptors (Lipinski definition) is 11. The molecule has 0 spiro atoms. The first-order chi connectivity index (χ1) is 35.3. The lowest BCUT2D eigenvalue weighted by atomic mass is 9.79. The molecule has 0 aromatic rings. The molecule has 19 heteroatoms. The molecular formula is C59H113BN7O11. The third kappa shape index (κ3) is 36.5. The zero-order valence-corrected chi connectivity index (χ0v) is 53.2. The third-order valence-electron chi connectivity index (χ3n) is 13.1. The largest absolute Gasteiger partial charge is 0.380 e. The van der Waals surface area contributed by atoms with Crippen LogP contribution in [0, 0.1) is 48.7 Å². The van der Waals surface area contributed by atoms with Crippen molar-refractivity contribution >= 4 is 49.0 Å². The summed E-state index contributed by atoms with van der Waals surface area (Å²) in [5, 5.41) is 20.5. The highest BCUT2D eigenvalue weighted by molar-refractivity contribution is 6.72. The predicted octanol–water partition coefficient (Wildman–Crippen LogP) is 7.59. The van der Waals surface area contributed by atoms with Crippen molar-refractivity contribution < 1.29 is 52.5 Å². The maximum atomic E-state index is 13.5. The second-order valence-electron chi connectivity index (χ2n) is 30.1. The van der Waals surface area contributed by atoms with Gasteiger partial charge in [-0.25, -0.2) is 0 Å². The van der Waals surface area contributed by atoms with E-state index in [0.29, 0.717) is 85.4 Å². The minimum atomic E-state index is -0.949. The quantitative estimate of drug-likeness (QED) is 0.0233. The fourth-order valence-corrected chi connectivity index (χ4v) is 7.61. The van der Waals surface area contributed by atoms with Gasteiger partial charge in [0.05, 0.1) is 51.8 Å². The zero-order chi connectivity index (χ0) is 60.7. The number of nitrogens with one attached hydrogen (secondary N) is 7. The van der Waals surface area contributed by atoms with Crippen LogP contribution in [0.4, 0.5) is 4.79 Å².